The van der Waals surface area contributed by atoms with E-state index in [0.717, 1.165) is 17.4 Å². The molecule has 0 aliphatic heterocycles. The first-order chi connectivity index (χ1) is 19.7. The lowest BCUT2D eigenvalue weighted by molar-refractivity contribution is -0.142. The van der Waals surface area contributed by atoms with Gasteiger partial charge in [0.2, 0.25) is 21.8 Å². The van der Waals surface area contributed by atoms with Crippen molar-refractivity contribution in [2.24, 2.45) is 0 Å². The first-order valence-electron chi connectivity index (χ1n) is 13.8. The maximum atomic E-state index is 14.0. The summed E-state index contributed by atoms with van der Waals surface area (Å²) < 4.78 is 26.7. The van der Waals surface area contributed by atoms with Crippen LogP contribution in [0.2, 0.25) is 10.0 Å². The number of hydrogen-bond acceptors (Lipinski definition) is 4. The van der Waals surface area contributed by atoms with Gasteiger partial charge in [-0.2, -0.15) is 0 Å². The third-order valence-corrected chi connectivity index (χ3v) is 8.58. The van der Waals surface area contributed by atoms with Crippen molar-refractivity contribution in [2.45, 2.75) is 65.1 Å². The molecular formula is C32H39Cl2N3O4S. The Morgan fingerprint density at radius 2 is 1.50 bits per heavy atom. The highest BCUT2D eigenvalue weighted by Crippen LogP contribution is 2.28. The third-order valence-electron chi connectivity index (χ3n) is 6.70. The van der Waals surface area contributed by atoms with Gasteiger partial charge in [-0.05, 0) is 63.4 Å². The summed E-state index contributed by atoms with van der Waals surface area (Å²) >= 11 is 13.0. The van der Waals surface area contributed by atoms with Gasteiger partial charge in [-0.25, -0.2) is 8.42 Å². The quantitative estimate of drug-likeness (QED) is 0.250. The van der Waals surface area contributed by atoms with Crippen molar-refractivity contribution < 1.29 is 18.0 Å². The molecule has 0 aromatic heterocycles. The number of rotatable bonds is 12. The van der Waals surface area contributed by atoms with E-state index in [2.05, 4.69) is 5.32 Å². The van der Waals surface area contributed by atoms with Crippen LogP contribution in [0.3, 0.4) is 0 Å². The molecule has 0 aliphatic carbocycles. The van der Waals surface area contributed by atoms with E-state index in [0.29, 0.717) is 21.3 Å². The molecule has 42 heavy (non-hydrogen) atoms. The molecule has 1 atom stereocenters. The van der Waals surface area contributed by atoms with E-state index in [-0.39, 0.29) is 44.2 Å². The zero-order chi connectivity index (χ0) is 31.1. The molecule has 7 nitrogen and oxygen atoms in total. The fourth-order valence-corrected chi connectivity index (χ4v) is 6.23. The minimum Gasteiger partial charge on any atom is -0.350 e. The zero-order valence-corrected chi connectivity index (χ0v) is 27.1. The summed E-state index contributed by atoms with van der Waals surface area (Å²) in [6.07, 6.45) is 1.68. The molecule has 1 N–H and O–H groups in total. The van der Waals surface area contributed by atoms with Gasteiger partial charge in [0.05, 0.1) is 11.9 Å². The van der Waals surface area contributed by atoms with Crippen molar-refractivity contribution in [1.29, 1.82) is 0 Å². The first kappa shape index (κ1) is 33.4. The number of para-hydroxylation sites is 1. The Morgan fingerprint density at radius 1 is 0.905 bits per heavy atom. The molecule has 0 saturated heterocycles. The topological polar surface area (TPSA) is 86.8 Å². The molecule has 0 fully saturated rings. The summed E-state index contributed by atoms with van der Waals surface area (Å²) in [6, 6.07) is 20.9. The monoisotopic (exact) mass is 631 g/mol. The number of sulfonamides is 1. The van der Waals surface area contributed by atoms with E-state index in [4.69, 9.17) is 23.2 Å². The average molecular weight is 633 g/mol. The number of amides is 2. The minimum absolute atomic E-state index is 0.00800. The summed E-state index contributed by atoms with van der Waals surface area (Å²) in [5, 5.41) is 3.80. The van der Waals surface area contributed by atoms with E-state index >= 15 is 0 Å². The first-order valence-corrected chi connectivity index (χ1v) is 16.4. The smallest absolute Gasteiger partial charge is 0.243 e. The Kier molecular flexibility index (Phi) is 11.5. The van der Waals surface area contributed by atoms with Crippen molar-refractivity contribution in [3.05, 3.63) is 99.5 Å². The van der Waals surface area contributed by atoms with Gasteiger partial charge >= 0.3 is 0 Å². The lowest BCUT2D eigenvalue weighted by atomic mass is 10.00. The highest BCUT2D eigenvalue weighted by atomic mass is 35.5. The van der Waals surface area contributed by atoms with Crippen molar-refractivity contribution in [1.82, 2.24) is 10.2 Å². The highest BCUT2D eigenvalue weighted by Gasteiger charge is 2.33. The van der Waals surface area contributed by atoms with Crippen LogP contribution in [-0.4, -0.2) is 49.5 Å². The number of carbonyl (C=O) groups is 2. The lowest BCUT2D eigenvalue weighted by Crippen LogP contribution is -2.54. The number of benzene rings is 3. The fourth-order valence-electron chi connectivity index (χ4n) is 4.69. The Hall–Kier alpha value is -3.07. The second kappa shape index (κ2) is 14.4. The molecule has 226 valence electrons. The van der Waals surface area contributed by atoms with Crippen LogP contribution in [0, 0.1) is 6.92 Å². The number of hydrogen-bond donors (Lipinski definition) is 1. The number of aryl methyl sites for hydroxylation is 1. The van der Waals surface area contributed by atoms with Crippen molar-refractivity contribution in [3.63, 3.8) is 0 Å². The number of nitrogens with zero attached hydrogens (tertiary/aromatic N) is 2. The molecule has 0 spiro atoms. The molecule has 1 unspecified atom stereocenters. The van der Waals surface area contributed by atoms with E-state index in [9.17, 15) is 18.0 Å². The molecule has 2 amide bonds. The Morgan fingerprint density at radius 3 is 2.07 bits per heavy atom. The van der Waals surface area contributed by atoms with Crippen molar-refractivity contribution in [3.8, 4) is 0 Å². The van der Waals surface area contributed by atoms with Crippen molar-refractivity contribution >= 4 is 50.7 Å². The van der Waals surface area contributed by atoms with Crippen LogP contribution in [0.15, 0.2) is 72.8 Å². The highest BCUT2D eigenvalue weighted by molar-refractivity contribution is 7.92. The zero-order valence-electron chi connectivity index (χ0n) is 24.7. The Balaban J connectivity index is 1.96. The molecule has 0 bridgehead atoms. The molecule has 10 heteroatoms. The maximum absolute atomic E-state index is 14.0. The number of carbonyl (C=O) groups excluding carboxylic acids is 2. The van der Waals surface area contributed by atoms with E-state index in [1.54, 1.807) is 30.3 Å². The second-order valence-corrected chi connectivity index (χ2v) is 14.1. The van der Waals surface area contributed by atoms with Crippen LogP contribution < -0.4 is 9.62 Å². The average Bonchev–Trinajstić information content (AvgIpc) is 2.89. The molecule has 3 aromatic rings. The van der Waals surface area contributed by atoms with Gasteiger partial charge in [-0.1, -0.05) is 77.8 Å². The molecular weight excluding hydrogens is 593 g/mol. The lowest BCUT2D eigenvalue weighted by Gasteiger charge is -2.34. The summed E-state index contributed by atoms with van der Waals surface area (Å²) in [4.78, 5) is 29.3. The number of halogens is 2. The summed E-state index contributed by atoms with van der Waals surface area (Å²) in [5.74, 6) is -0.616. The van der Waals surface area contributed by atoms with Gasteiger partial charge in [-0.15, -0.1) is 0 Å². The summed E-state index contributed by atoms with van der Waals surface area (Å²) in [7, 11) is -3.60. The molecule has 3 rings (SSSR count). The molecule has 0 radical (unpaired) electrons. The van der Waals surface area contributed by atoms with Gasteiger partial charge in [0, 0.05) is 47.1 Å². The van der Waals surface area contributed by atoms with E-state index in [1.165, 1.54) is 9.21 Å². The van der Waals surface area contributed by atoms with Gasteiger partial charge in [0.25, 0.3) is 0 Å². The second-order valence-electron chi connectivity index (χ2n) is 11.4. The maximum Gasteiger partial charge on any atom is 0.243 e. The Bertz CT molecular complexity index is 1470. The normalized spacial score (nSPS) is 12.5. The molecule has 0 aliphatic rings. The number of anilines is 1. The van der Waals surface area contributed by atoms with E-state index < -0.39 is 21.6 Å². The Labute approximate surface area is 259 Å². The van der Waals surface area contributed by atoms with Crippen LogP contribution in [-0.2, 0) is 32.6 Å². The molecule has 0 saturated carbocycles. The molecule has 3 aromatic carbocycles. The predicted molar refractivity (Wildman–Crippen MR) is 171 cm³/mol. The van der Waals surface area contributed by atoms with Crippen LogP contribution in [0.5, 0.6) is 0 Å². The van der Waals surface area contributed by atoms with Crippen LogP contribution in [0.4, 0.5) is 5.69 Å². The standard InChI is InChI=1S/C32H39Cl2N3O4S/c1-23-13-9-10-18-28(23)37(42(5,40)41)20-12-19-30(38)36(22-25-26(33)16-11-17-27(25)34)29(31(39)35-32(2,3)4)21-24-14-7-6-8-15-24/h6-11,13-18,29H,12,19-22H2,1-5H3,(H,35,39). The van der Waals surface area contributed by atoms with Crippen LogP contribution in [0.25, 0.3) is 0 Å². The molecule has 0 heterocycles. The minimum atomic E-state index is -3.60. The SMILES string of the molecule is Cc1ccccc1N(CCCC(=O)N(Cc1c(Cl)cccc1Cl)C(Cc1ccccc1)C(=O)NC(C)(C)C)S(C)(=O)=O. The summed E-state index contributed by atoms with van der Waals surface area (Å²) in [6.45, 7) is 7.61. The van der Waals surface area contributed by atoms with Gasteiger partial charge < -0.3 is 10.2 Å². The van der Waals surface area contributed by atoms with Crippen LogP contribution >= 0.6 is 23.2 Å². The predicted octanol–water partition coefficient (Wildman–Crippen LogP) is 6.40. The van der Waals surface area contributed by atoms with Gasteiger partial charge in [0.1, 0.15) is 6.04 Å². The third kappa shape index (κ3) is 9.48. The van der Waals surface area contributed by atoms with E-state index in [1.807, 2.05) is 70.2 Å². The fraction of sp³-hybridized carbons (Fsp3) is 0.375. The number of nitrogens with one attached hydrogen (secondary N) is 1. The largest absolute Gasteiger partial charge is 0.350 e. The van der Waals surface area contributed by atoms with Gasteiger partial charge in [-0.3, -0.25) is 13.9 Å². The van der Waals surface area contributed by atoms with Gasteiger partial charge in [0.15, 0.2) is 0 Å². The van der Waals surface area contributed by atoms with Crippen molar-refractivity contribution in [2.75, 3.05) is 17.1 Å². The summed E-state index contributed by atoms with van der Waals surface area (Å²) in [5.41, 5.74) is 2.27. The van der Waals surface area contributed by atoms with Crippen LogP contribution in [0.1, 0.15) is 50.3 Å².